The molecule has 112 valence electrons. The van der Waals surface area contributed by atoms with Gasteiger partial charge in [-0.25, -0.2) is 0 Å². The number of carbonyl (C=O) groups is 1. The fourth-order valence-corrected chi connectivity index (χ4v) is 2.53. The van der Waals surface area contributed by atoms with E-state index >= 15 is 0 Å². The molecule has 2 aromatic rings. The number of rotatable bonds is 6. The van der Waals surface area contributed by atoms with Crippen LogP contribution in [-0.4, -0.2) is 24.1 Å². The van der Waals surface area contributed by atoms with Gasteiger partial charge in [0.2, 0.25) is 5.91 Å². The summed E-state index contributed by atoms with van der Waals surface area (Å²) in [7, 11) is 1.66. The maximum atomic E-state index is 11.2. The summed E-state index contributed by atoms with van der Waals surface area (Å²) in [6.07, 6.45) is 0.508. The van der Waals surface area contributed by atoms with Crippen molar-refractivity contribution < 1.29 is 4.79 Å². The van der Waals surface area contributed by atoms with Gasteiger partial charge in [-0.3, -0.25) is 4.79 Å². The molecule has 4 heteroatoms. The van der Waals surface area contributed by atoms with Crippen molar-refractivity contribution in [1.82, 2.24) is 15.2 Å². The summed E-state index contributed by atoms with van der Waals surface area (Å²) in [6.45, 7) is 5.72. The van der Waals surface area contributed by atoms with E-state index in [0.29, 0.717) is 13.0 Å². The average molecular weight is 285 g/mol. The minimum absolute atomic E-state index is 0.0669. The zero-order chi connectivity index (χ0) is 15.2. The van der Waals surface area contributed by atoms with Crippen LogP contribution in [0.1, 0.15) is 23.4 Å². The summed E-state index contributed by atoms with van der Waals surface area (Å²) in [5, 5.41) is 5.95. The number of hydrogen-bond donors (Lipinski definition) is 2. The second kappa shape index (κ2) is 7.09. The van der Waals surface area contributed by atoms with E-state index in [1.54, 1.807) is 7.05 Å². The summed E-state index contributed by atoms with van der Waals surface area (Å²) in [5.74, 6) is 0.0669. The van der Waals surface area contributed by atoms with E-state index in [-0.39, 0.29) is 5.91 Å². The number of nitrogens with one attached hydrogen (secondary N) is 2. The number of para-hydroxylation sites is 1. The number of benzene rings is 1. The molecule has 1 heterocycles. The third-order valence-electron chi connectivity index (χ3n) is 3.67. The van der Waals surface area contributed by atoms with Crippen molar-refractivity contribution in [2.24, 2.45) is 0 Å². The lowest BCUT2D eigenvalue weighted by Crippen LogP contribution is -2.24. The summed E-state index contributed by atoms with van der Waals surface area (Å²) < 4.78 is 2.26. The largest absolute Gasteiger partial charge is 0.359 e. The van der Waals surface area contributed by atoms with E-state index in [0.717, 1.165) is 6.54 Å². The second-order valence-corrected chi connectivity index (χ2v) is 5.17. The van der Waals surface area contributed by atoms with Crippen molar-refractivity contribution in [3.8, 4) is 5.69 Å². The molecule has 0 aliphatic carbocycles. The predicted octanol–water partition coefficient (Wildman–Crippen LogP) is 2.32. The van der Waals surface area contributed by atoms with Crippen LogP contribution in [-0.2, 0) is 11.3 Å². The lowest BCUT2D eigenvalue weighted by molar-refractivity contribution is -0.120. The van der Waals surface area contributed by atoms with E-state index in [9.17, 15) is 4.79 Å². The number of amides is 1. The highest BCUT2D eigenvalue weighted by atomic mass is 16.1. The Morgan fingerprint density at radius 2 is 1.90 bits per heavy atom. The molecule has 0 aliphatic heterocycles. The van der Waals surface area contributed by atoms with Crippen LogP contribution in [0.15, 0.2) is 36.4 Å². The molecule has 21 heavy (non-hydrogen) atoms. The maximum Gasteiger partial charge on any atom is 0.221 e. The number of aromatic nitrogens is 1. The van der Waals surface area contributed by atoms with Crippen molar-refractivity contribution >= 4 is 5.91 Å². The summed E-state index contributed by atoms with van der Waals surface area (Å²) in [4.78, 5) is 11.2. The molecule has 2 rings (SSSR count). The summed E-state index contributed by atoms with van der Waals surface area (Å²) >= 11 is 0. The zero-order valence-corrected chi connectivity index (χ0v) is 12.9. The molecule has 0 fully saturated rings. The predicted molar refractivity (Wildman–Crippen MR) is 85.6 cm³/mol. The normalized spacial score (nSPS) is 10.6. The Morgan fingerprint density at radius 3 is 2.57 bits per heavy atom. The van der Waals surface area contributed by atoms with Gasteiger partial charge in [0.1, 0.15) is 0 Å². The molecule has 0 unspecified atom stereocenters. The molecule has 0 aliphatic rings. The molecule has 0 atom stereocenters. The molecule has 0 bridgehead atoms. The van der Waals surface area contributed by atoms with Crippen LogP contribution in [0, 0.1) is 13.8 Å². The monoisotopic (exact) mass is 285 g/mol. The molecule has 0 spiro atoms. The smallest absolute Gasteiger partial charge is 0.221 e. The van der Waals surface area contributed by atoms with E-state index in [4.69, 9.17) is 0 Å². The molecule has 0 radical (unpaired) electrons. The third-order valence-corrected chi connectivity index (χ3v) is 3.67. The van der Waals surface area contributed by atoms with E-state index < -0.39 is 0 Å². The standard InChI is InChI=1S/C17H23N3O/c1-13-11-15(12-19-10-9-17(21)18-3)14(2)20(13)16-7-5-4-6-8-16/h4-8,11,19H,9-10,12H2,1-3H3,(H,18,21). The quantitative estimate of drug-likeness (QED) is 0.800. The minimum Gasteiger partial charge on any atom is -0.359 e. The van der Waals surface area contributed by atoms with E-state index in [1.165, 1.54) is 22.6 Å². The van der Waals surface area contributed by atoms with Crippen LogP contribution < -0.4 is 10.6 Å². The Bertz CT molecular complexity index is 602. The van der Waals surface area contributed by atoms with Gasteiger partial charge < -0.3 is 15.2 Å². The molecule has 0 saturated heterocycles. The van der Waals surface area contributed by atoms with Gasteiger partial charge in [0.15, 0.2) is 0 Å². The molecule has 1 amide bonds. The van der Waals surface area contributed by atoms with E-state index in [1.807, 2.05) is 6.07 Å². The van der Waals surface area contributed by atoms with Gasteiger partial charge in [-0.1, -0.05) is 18.2 Å². The van der Waals surface area contributed by atoms with Crippen LogP contribution in [0.3, 0.4) is 0 Å². The van der Waals surface area contributed by atoms with E-state index in [2.05, 4.69) is 59.4 Å². The van der Waals surface area contributed by atoms with Gasteiger partial charge in [0, 0.05) is 43.6 Å². The van der Waals surface area contributed by atoms with Crippen LogP contribution in [0.25, 0.3) is 5.69 Å². The fourth-order valence-electron chi connectivity index (χ4n) is 2.53. The van der Waals surface area contributed by atoms with Gasteiger partial charge in [-0.2, -0.15) is 0 Å². The first-order valence-electron chi connectivity index (χ1n) is 7.28. The topological polar surface area (TPSA) is 46.1 Å². The van der Waals surface area contributed by atoms with Crippen LogP contribution >= 0.6 is 0 Å². The first kappa shape index (κ1) is 15.3. The number of carbonyl (C=O) groups excluding carboxylic acids is 1. The highest BCUT2D eigenvalue weighted by Gasteiger charge is 2.10. The first-order valence-corrected chi connectivity index (χ1v) is 7.28. The lowest BCUT2D eigenvalue weighted by Gasteiger charge is -2.10. The van der Waals surface area contributed by atoms with Gasteiger partial charge in [-0.15, -0.1) is 0 Å². The van der Waals surface area contributed by atoms with Crippen molar-refractivity contribution in [2.75, 3.05) is 13.6 Å². The van der Waals surface area contributed by atoms with Crippen molar-refractivity contribution in [3.05, 3.63) is 53.3 Å². The van der Waals surface area contributed by atoms with Gasteiger partial charge >= 0.3 is 0 Å². The molecular formula is C17H23N3O. The summed E-state index contributed by atoms with van der Waals surface area (Å²) in [6, 6.07) is 12.6. The Labute approximate surface area is 126 Å². The van der Waals surface area contributed by atoms with Crippen LogP contribution in [0.4, 0.5) is 0 Å². The van der Waals surface area contributed by atoms with Crippen molar-refractivity contribution in [2.45, 2.75) is 26.8 Å². The highest BCUT2D eigenvalue weighted by molar-refractivity contribution is 5.75. The third kappa shape index (κ3) is 3.73. The number of nitrogens with zero attached hydrogens (tertiary/aromatic N) is 1. The fraction of sp³-hybridized carbons (Fsp3) is 0.353. The Kier molecular flexibility index (Phi) is 5.17. The molecule has 1 aromatic carbocycles. The Morgan fingerprint density at radius 1 is 1.19 bits per heavy atom. The molecule has 1 aromatic heterocycles. The van der Waals surface area contributed by atoms with Gasteiger partial charge in [0.25, 0.3) is 0 Å². The lowest BCUT2D eigenvalue weighted by atomic mass is 10.2. The minimum atomic E-state index is 0.0669. The Hall–Kier alpha value is -2.07. The number of aryl methyl sites for hydroxylation is 1. The van der Waals surface area contributed by atoms with Crippen molar-refractivity contribution in [3.63, 3.8) is 0 Å². The summed E-state index contributed by atoms with van der Waals surface area (Å²) in [5.41, 5.74) is 4.92. The average Bonchev–Trinajstić information content (AvgIpc) is 2.78. The number of hydrogen-bond acceptors (Lipinski definition) is 2. The van der Waals surface area contributed by atoms with Crippen LogP contribution in [0.5, 0.6) is 0 Å². The highest BCUT2D eigenvalue weighted by Crippen LogP contribution is 2.20. The molecule has 0 saturated carbocycles. The zero-order valence-electron chi connectivity index (χ0n) is 12.9. The first-order chi connectivity index (χ1) is 10.1. The van der Waals surface area contributed by atoms with Gasteiger partial charge in [-0.05, 0) is 37.6 Å². The van der Waals surface area contributed by atoms with Crippen LogP contribution in [0.2, 0.25) is 0 Å². The van der Waals surface area contributed by atoms with Gasteiger partial charge in [0.05, 0.1) is 0 Å². The SMILES string of the molecule is CNC(=O)CCNCc1cc(C)n(-c2ccccc2)c1C. The molecule has 2 N–H and O–H groups in total. The maximum absolute atomic E-state index is 11.2. The second-order valence-electron chi connectivity index (χ2n) is 5.17. The molecule has 4 nitrogen and oxygen atoms in total. The molecular weight excluding hydrogens is 262 g/mol. The Balaban J connectivity index is 2.04. The van der Waals surface area contributed by atoms with Crippen molar-refractivity contribution in [1.29, 1.82) is 0 Å².